The molecule has 0 aliphatic rings. The summed E-state index contributed by atoms with van der Waals surface area (Å²) in [6.45, 7) is 4.30. The Morgan fingerprint density at radius 3 is 2.10 bits per heavy atom. The van der Waals surface area contributed by atoms with E-state index in [0.717, 1.165) is 0 Å². The van der Waals surface area contributed by atoms with Gasteiger partial charge in [-0.05, 0) is 0 Å². The van der Waals surface area contributed by atoms with Gasteiger partial charge in [0.2, 0.25) is 0 Å². The second kappa shape index (κ2) is 3.25. The van der Waals surface area contributed by atoms with Crippen LogP contribution in [0.15, 0.2) is 24.3 Å². The standard InChI is InChI=1S/C9H11As/c1-7-3-5-9(6-4-7)8(2)10/h3-6,8H,1-2H3. The zero-order chi connectivity index (χ0) is 7.56. The van der Waals surface area contributed by atoms with Gasteiger partial charge in [-0.2, -0.15) is 0 Å². The van der Waals surface area contributed by atoms with Gasteiger partial charge < -0.3 is 0 Å². The molecule has 0 bridgehead atoms. The van der Waals surface area contributed by atoms with Crippen LogP contribution in [0, 0.1) is 6.92 Å². The fraction of sp³-hybridized carbons (Fsp3) is 0.333. The van der Waals surface area contributed by atoms with Crippen LogP contribution >= 0.6 is 0 Å². The van der Waals surface area contributed by atoms with E-state index in [2.05, 4.69) is 55.0 Å². The zero-order valence-corrected chi connectivity index (χ0v) is 8.21. The molecule has 1 atom stereocenters. The van der Waals surface area contributed by atoms with Crippen molar-refractivity contribution in [1.82, 2.24) is 0 Å². The van der Waals surface area contributed by atoms with Crippen LogP contribution in [-0.2, 0) is 0 Å². The van der Waals surface area contributed by atoms with Crippen molar-refractivity contribution < 1.29 is 0 Å². The summed E-state index contributed by atoms with van der Waals surface area (Å²) < 4.78 is 0.591. The molecule has 0 heterocycles. The molecule has 0 aromatic heterocycles. The average Bonchev–Trinajstić information content (AvgIpc) is 1.88. The molecule has 0 aliphatic carbocycles. The Morgan fingerprint density at radius 1 is 1.20 bits per heavy atom. The third-order valence-electron chi connectivity index (χ3n) is 1.56. The van der Waals surface area contributed by atoms with Crippen LogP contribution < -0.4 is 0 Å². The molecule has 0 saturated carbocycles. The monoisotopic (exact) mass is 194 g/mol. The van der Waals surface area contributed by atoms with Gasteiger partial charge in [-0.25, -0.2) is 0 Å². The van der Waals surface area contributed by atoms with Crippen LogP contribution in [0.3, 0.4) is 0 Å². The van der Waals surface area contributed by atoms with Crippen molar-refractivity contribution in [2.75, 3.05) is 0 Å². The van der Waals surface area contributed by atoms with Crippen LogP contribution in [0.1, 0.15) is 22.8 Å². The molecule has 0 spiro atoms. The van der Waals surface area contributed by atoms with E-state index in [1.165, 1.54) is 11.1 Å². The normalized spacial score (nSPS) is 13.1. The number of benzene rings is 1. The number of hydrogen-bond acceptors (Lipinski definition) is 0. The summed E-state index contributed by atoms with van der Waals surface area (Å²) in [5.41, 5.74) is 2.72. The first-order valence-corrected chi connectivity index (χ1v) is 4.53. The molecule has 1 heteroatoms. The van der Waals surface area contributed by atoms with E-state index < -0.39 is 0 Å². The molecule has 0 amide bonds. The third-order valence-corrected chi connectivity index (χ3v) is 2.19. The molecular weight excluding hydrogens is 183 g/mol. The average molecular weight is 194 g/mol. The maximum absolute atomic E-state index is 2.64. The van der Waals surface area contributed by atoms with Crippen LogP contribution in [0.5, 0.6) is 0 Å². The first-order valence-electron chi connectivity index (χ1n) is 3.45. The van der Waals surface area contributed by atoms with Crippen LogP contribution in [-0.4, -0.2) is 16.9 Å². The van der Waals surface area contributed by atoms with E-state index in [9.17, 15) is 0 Å². The predicted octanol–water partition coefficient (Wildman–Crippen LogP) is 2.22. The fourth-order valence-electron chi connectivity index (χ4n) is 0.845. The Balaban J connectivity index is 2.89. The summed E-state index contributed by atoms with van der Waals surface area (Å²) in [6.07, 6.45) is 0. The Kier molecular flexibility index (Phi) is 2.56. The van der Waals surface area contributed by atoms with Gasteiger partial charge in [0.1, 0.15) is 0 Å². The topological polar surface area (TPSA) is 0 Å². The first kappa shape index (κ1) is 7.88. The Labute approximate surface area is 71.1 Å². The number of rotatable bonds is 1. The predicted molar refractivity (Wildman–Crippen MR) is 45.3 cm³/mol. The van der Waals surface area contributed by atoms with E-state index in [1.807, 2.05) is 0 Å². The van der Waals surface area contributed by atoms with E-state index in [0.29, 0.717) is 4.71 Å². The van der Waals surface area contributed by atoms with Gasteiger partial charge in [0.15, 0.2) is 0 Å². The van der Waals surface area contributed by atoms with Crippen molar-refractivity contribution in [3.63, 3.8) is 0 Å². The van der Waals surface area contributed by atoms with Crippen LogP contribution in [0.2, 0.25) is 0 Å². The summed E-state index contributed by atoms with van der Waals surface area (Å²) in [7, 11) is 0. The summed E-state index contributed by atoms with van der Waals surface area (Å²) in [5, 5.41) is 0. The first-order chi connectivity index (χ1) is 4.70. The molecule has 0 aliphatic heterocycles. The summed E-state index contributed by atoms with van der Waals surface area (Å²) in [4.78, 5) is 0. The Hall–Kier alpha value is -0.222. The molecule has 1 rings (SSSR count). The molecule has 1 aromatic carbocycles. The molecule has 1 unspecified atom stereocenters. The minimum absolute atomic E-state index is 0.591. The van der Waals surface area contributed by atoms with Gasteiger partial charge in [-0.1, -0.05) is 0 Å². The molecule has 0 saturated heterocycles. The SMILES string of the molecule is Cc1ccc(C(C)[As])cc1. The van der Waals surface area contributed by atoms with Gasteiger partial charge in [0.05, 0.1) is 0 Å². The molecule has 1 aromatic rings. The van der Waals surface area contributed by atoms with Gasteiger partial charge >= 0.3 is 70.8 Å². The Morgan fingerprint density at radius 2 is 1.70 bits per heavy atom. The quantitative estimate of drug-likeness (QED) is 0.601. The second-order valence-electron chi connectivity index (χ2n) is 2.59. The van der Waals surface area contributed by atoms with Gasteiger partial charge in [-0.15, -0.1) is 0 Å². The molecule has 0 N–H and O–H groups in total. The number of aryl methyl sites for hydroxylation is 1. The number of hydrogen-bond donors (Lipinski definition) is 0. The molecule has 0 nitrogen and oxygen atoms in total. The van der Waals surface area contributed by atoms with Gasteiger partial charge in [0, 0.05) is 0 Å². The van der Waals surface area contributed by atoms with Gasteiger partial charge in [0.25, 0.3) is 0 Å². The van der Waals surface area contributed by atoms with E-state index in [-0.39, 0.29) is 0 Å². The van der Waals surface area contributed by atoms with Crippen molar-refractivity contribution in [1.29, 1.82) is 0 Å². The van der Waals surface area contributed by atoms with Crippen molar-refractivity contribution >= 4 is 16.9 Å². The molecule has 0 fully saturated rings. The minimum atomic E-state index is 0.591. The maximum atomic E-state index is 2.64. The van der Waals surface area contributed by atoms with E-state index in [4.69, 9.17) is 0 Å². The summed E-state index contributed by atoms with van der Waals surface area (Å²) in [6, 6.07) is 8.66. The molecule has 2 radical (unpaired) electrons. The molecule has 52 valence electrons. The summed E-state index contributed by atoms with van der Waals surface area (Å²) >= 11 is 2.64. The summed E-state index contributed by atoms with van der Waals surface area (Å²) in [5.74, 6) is 0. The van der Waals surface area contributed by atoms with Crippen LogP contribution in [0.4, 0.5) is 0 Å². The van der Waals surface area contributed by atoms with Crippen LogP contribution in [0.25, 0.3) is 0 Å². The van der Waals surface area contributed by atoms with Gasteiger partial charge in [-0.3, -0.25) is 0 Å². The van der Waals surface area contributed by atoms with E-state index >= 15 is 0 Å². The van der Waals surface area contributed by atoms with Crippen molar-refractivity contribution in [2.45, 2.75) is 18.6 Å². The van der Waals surface area contributed by atoms with Crippen molar-refractivity contribution in [3.8, 4) is 0 Å². The van der Waals surface area contributed by atoms with Crippen molar-refractivity contribution in [3.05, 3.63) is 35.4 Å². The molecule has 10 heavy (non-hydrogen) atoms. The fourth-order valence-corrected chi connectivity index (χ4v) is 1.21. The Bertz CT molecular complexity index is 198. The second-order valence-corrected chi connectivity index (χ2v) is 4.21. The van der Waals surface area contributed by atoms with E-state index in [1.54, 1.807) is 0 Å². The third kappa shape index (κ3) is 1.88. The van der Waals surface area contributed by atoms with Crippen molar-refractivity contribution in [2.24, 2.45) is 0 Å². The molecular formula is C9H11As. The zero-order valence-electron chi connectivity index (χ0n) is 6.33.